The first-order chi connectivity index (χ1) is 10.8. The van der Waals surface area contributed by atoms with Crippen LogP contribution in [0.15, 0.2) is 18.2 Å². The Morgan fingerprint density at radius 2 is 1.78 bits per heavy atom. The van der Waals surface area contributed by atoms with Gasteiger partial charge in [0.1, 0.15) is 0 Å². The molecule has 0 saturated carbocycles. The molecule has 0 N–H and O–H groups in total. The summed E-state index contributed by atoms with van der Waals surface area (Å²) in [6.45, 7) is 5.43. The summed E-state index contributed by atoms with van der Waals surface area (Å²) in [5, 5.41) is 21.9. The number of likely N-dealkylation sites (tertiary alicyclic amines) is 1. The molecule has 1 aromatic carbocycles. The second kappa shape index (κ2) is 6.72. The van der Waals surface area contributed by atoms with Crippen LogP contribution < -0.4 is 0 Å². The van der Waals surface area contributed by atoms with Crippen molar-refractivity contribution in [3.63, 3.8) is 0 Å². The summed E-state index contributed by atoms with van der Waals surface area (Å²) in [4.78, 5) is 34.6. The highest BCUT2D eigenvalue weighted by molar-refractivity contribution is 5.80. The summed E-state index contributed by atoms with van der Waals surface area (Å²) in [5.41, 5.74) is -0.532. The number of nitro groups is 2. The molecule has 1 fully saturated rings. The predicted molar refractivity (Wildman–Crippen MR) is 83.0 cm³/mol. The zero-order valence-electron chi connectivity index (χ0n) is 13.1. The first-order valence-electron chi connectivity index (χ1n) is 7.47. The Bertz CT molecular complexity index is 636. The SMILES string of the molecule is CC1CC(C)CN(C(=O)Cc2ccc([N+](=O)[O-])cc2[N+](=O)[O-])C1. The molecule has 0 radical (unpaired) electrons. The molecular formula is C15H19N3O5. The van der Waals surface area contributed by atoms with E-state index in [1.54, 1.807) is 4.90 Å². The van der Waals surface area contributed by atoms with Crippen LogP contribution in [-0.4, -0.2) is 33.7 Å². The van der Waals surface area contributed by atoms with Crippen molar-refractivity contribution >= 4 is 17.3 Å². The van der Waals surface area contributed by atoms with Crippen molar-refractivity contribution in [3.8, 4) is 0 Å². The van der Waals surface area contributed by atoms with Gasteiger partial charge in [0.25, 0.3) is 11.4 Å². The molecule has 1 saturated heterocycles. The first kappa shape index (κ1) is 16.9. The van der Waals surface area contributed by atoms with Gasteiger partial charge < -0.3 is 4.90 Å². The van der Waals surface area contributed by atoms with Crippen molar-refractivity contribution in [2.75, 3.05) is 13.1 Å². The Morgan fingerprint density at radius 3 is 2.30 bits per heavy atom. The molecule has 0 bridgehead atoms. The van der Waals surface area contributed by atoms with Gasteiger partial charge in [-0.05, 0) is 24.3 Å². The van der Waals surface area contributed by atoms with Crippen LogP contribution in [0.4, 0.5) is 11.4 Å². The van der Waals surface area contributed by atoms with E-state index in [9.17, 15) is 25.0 Å². The van der Waals surface area contributed by atoms with Gasteiger partial charge in [0.05, 0.1) is 22.3 Å². The Kier molecular flexibility index (Phi) is 4.92. The molecule has 1 heterocycles. The Morgan fingerprint density at radius 1 is 1.17 bits per heavy atom. The van der Waals surface area contributed by atoms with Crippen LogP contribution in [0.3, 0.4) is 0 Å². The zero-order chi connectivity index (χ0) is 17.1. The van der Waals surface area contributed by atoms with E-state index in [0.29, 0.717) is 24.9 Å². The molecule has 124 valence electrons. The molecular weight excluding hydrogens is 302 g/mol. The molecule has 0 aliphatic carbocycles. The monoisotopic (exact) mass is 321 g/mol. The summed E-state index contributed by atoms with van der Waals surface area (Å²) in [6.07, 6.45) is 0.940. The lowest BCUT2D eigenvalue weighted by atomic mass is 9.91. The average molecular weight is 321 g/mol. The number of nitro benzene ring substituents is 2. The molecule has 8 nitrogen and oxygen atoms in total. The van der Waals surface area contributed by atoms with Crippen molar-refractivity contribution in [3.05, 3.63) is 44.0 Å². The van der Waals surface area contributed by atoms with Crippen LogP contribution in [0.5, 0.6) is 0 Å². The van der Waals surface area contributed by atoms with E-state index in [1.165, 1.54) is 12.1 Å². The fourth-order valence-electron chi connectivity index (χ4n) is 3.13. The third kappa shape index (κ3) is 4.02. The number of hydrogen-bond acceptors (Lipinski definition) is 5. The molecule has 0 aromatic heterocycles. The van der Waals surface area contributed by atoms with E-state index in [0.717, 1.165) is 12.5 Å². The fourth-order valence-corrected chi connectivity index (χ4v) is 3.13. The van der Waals surface area contributed by atoms with Crippen LogP contribution in [0.25, 0.3) is 0 Å². The fraction of sp³-hybridized carbons (Fsp3) is 0.533. The number of nitrogens with zero attached hydrogens (tertiary/aromatic N) is 3. The molecule has 1 amide bonds. The third-order valence-corrected chi connectivity index (χ3v) is 4.04. The van der Waals surface area contributed by atoms with Gasteiger partial charge in [-0.3, -0.25) is 25.0 Å². The van der Waals surface area contributed by atoms with Crippen molar-refractivity contribution in [1.82, 2.24) is 4.90 Å². The second-order valence-electron chi connectivity index (χ2n) is 6.25. The maximum atomic E-state index is 12.4. The van der Waals surface area contributed by atoms with E-state index in [2.05, 4.69) is 13.8 Å². The van der Waals surface area contributed by atoms with Crippen LogP contribution in [0.2, 0.25) is 0 Å². The molecule has 8 heteroatoms. The van der Waals surface area contributed by atoms with Crippen molar-refractivity contribution in [1.29, 1.82) is 0 Å². The highest BCUT2D eigenvalue weighted by atomic mass is 16.6. The average Bonchev–Trinajstić information content (AvgIpc) is 2.46. The van der Waals surface area contributed by atoms with Gasteiger partial charge in [-0.15, -0.1) is 0 Å². The molecule has 2 unspecified atom stereocenters. The topological polar surface area (TPSA) is 107 Å². The van der Waals surface area contributed by atoms with Crippen LogP contribution in [0, 0.1) is 32.1 Å². The maximum absolute atomic E-state index is 12.4. The predicted octanol–water partition coefficient (Wildman–Crippen LogP) is 2.55. The number of amides is 1. The lowest BCUT2D eigenvalue weighted by Gasteiger charge is -2.35. The molecule has 2 atom stereocenters. The minimum Gasteiger partial charge on any atom is -0.342 e. The lowest BCUT2D eigenvalue weighted by molar-refractivity contribution is -0.394. The summed E-state index contributed by atoms with van der Waals surface area (Å²) < 4.78 is 0. The minimum atomic E-state index is -0.688. The summed E-state index contributed by atoms with van der Waals surface area (Å²) in [7, 11) is 0. The van der Waals surface area contributed by atoms with Gasteiger partial charge in [-0.25, -0.2) is 0 Å². The van der Waals surface area contributed by atoms with Gasteiger partial charge >= 0.3 is 0 Å². The van der Waals surface area contributed by atoms with E-state index in [-0.39, 0.29) is 29.3 Å². The maximum Gasteiger partial charge on any atom is 0.279 e. The number of hydrogen-bond donors (Lipinski definition) is 0. The summed E-state index contributed by atoms with van der Waals surface area (Å²) >= 11 is 0. The molecule has 2 rings (SSSR count). The summed E-state index contributed by atoms with van der Waals surface area (Å²) in [5.74, 6) is 0.615. The number of rotatable bonds is 4. The molecule has 1 aliphatic rings. The quantitative estimate of drug-likeness (QED) is 0.625. The van der Waals surface area contributed by atoms with Gasteiger partial charge in [-0.1, -0.05) is 13.8 Å². The van der Waals surface area contributed by atoms with Crippen LogP contribution in [-0.2, 0) is 11.2 Å². The standard InChI is InChI=1S/C15H19N3O5/c1-10-5-11(2)9-16(8-10)15(19)6-12-3-4-13(17(20)21)7-14(12)18(22)23/h3-4,7,10-11H,5-6,8-9H2,1-2H3. The first-order valence-corrected chi connectivity index (χ1v) is 7.47. The van der Waals surface area contributed by atoms with Gasteiger partial charge in [-0.2, -0.15) is 0 Å². The van der Waals surface area contributed by atoms with Crippen LogP contribution >= 0.6 is 0 Å². The number of benzene rings is 1. The van der Waals surface area contributed by atoms with E-state index >= 15 is 0 Å². The Labute approximate surface area is 133 Å². The highest BCUT2D eigenvalue weighted by Crippen LogP contribution is 2.27. The molecule has 0 spiro atoms. The van der Waals surface area contributed by atoms with Gasteiger partial charge in [0.15, 0.2) is 0 Å². The van der Waals surface area contributed by atoms with Crippen molar-refractivity contribution in [2.24, 2.45) is 11.8 Å². The zero-order valence-corrected chi connectivity index (χ0v) is 13.1. The van der Waals surface area contributed by atoms with Gasteiger partial charge in [0, 0.05) is 24.7 Å². The Hall–Kier alpha value is -2.51. The van der Waals surface area contributed by atoms with Gasteiger partial charge in [0.2, 0.25) is 5.91 Å². The van der Waals surface area contributed by atoms with E-state index < -0.39 is 9.85 Å². The smallest absolute Gasteiger partial charge is 0.279 e. The number of carbonyl (C=O) groups is 1. The lowest BCUT2D eigenvalue weighted by Crippen LogP contribution is -2.43. The number of non-ortho nitro benzene ring substituents is 1. The number of piperidine rings is 1. The second-order valence-corrected chi connectivity index (χ2v) is 6.25. The minimum absolute atomic E-state index is 0.117. The molecule has 23 heavy (non-hydrogen) atoms. The summed E-state index contributed by atoms with van der Waals surface area (Å²) in [6, 6.07) is 3.39. The Balaban J connectivity index is 2.20. The van der Waals surface area contributed by atoms with Crippen molar-refractivity contribution < 1.29 is 14.6 Å². The molecule has 1 aliphatic heterocycles. The van der Waals surface area contributed by atoms with E-state index in [1.807, 2.05) is 0 Å². The van der Waals surface area contributed by atoms with Crippen molar-refractivity contribution in [2.45, 2.75) is 26.7 Å². The van der Waals surface area contributed by atoms with Crippen LogP contribution in [0.1, 0.15) is 25.8 Å². The molecule has 1 aromatic rings. The highest BCUT2D eigenvalue weighted by Gasteiger charge is 2.27. The third-order valence-electron chi connectivity index (χ3n) is 4.04. The number of carbonyl (C=O) groups excluding carboxylic acids is 1. The van der Waals surface area contributed by atoms with E-state index in [4.69, 9.17) is 0 Å². The largest absolute Gasteiger partial charge is 0.342 e. The normalized spacial score (nSPS) is 21.0.